The fourth-order valence-electron chi connectivity index (χ4n) is 8.10. The van der Waals surface area contributed by atoms with Gasteiger partial charge in [-0.05, 0) is 75.1 Å². The third kappa shape index (κ3) is 7.34. The van der Waals surface area contributed by atoms with Gasteiger partial charge in [-0.2, -0.15) is 0 Å². The van der Waals surface area contributed by atoms with E-state index in [0.29, 0.717) is 36.9 Å². The van der Waals surface area contributed by atoms with Gasteiger partial charge in [-0.1, -0.05) is 31.5 Å². The maximum Gasteiger partial charge on any atom is 0.407 e. The Hall–Kier alpha value is -6.06. The number of amides is 4. The van der Waals surface area contributed by atoms with E-state index in [9.17, 15) is 19.2 Å². The first-order valence-corrected chi connectivity index (χ1v) is 19.4. The second kappa shape index (κ2) is 15.6. The molecule has 3 aliphatic rings. The number of fused-ring (bicyclic) bond motifs is 2. The van der Waals surface area contributed by atoms with Crippen molar-refractivity contribution in [3.63, 3.8) is 0 Å². The van der Waals surface area contributed by atoms with Crippen LogP contribution in [0.5, 0.6) is 0 Å². The molecule has 0 spiro atoms. The maximum atomic E-state index is 13.6. The molecule has 5 heterocycles. The van der Waals surface area contributed by atoms with Crippen molar-refractivity contribution >= 4 is 45.9 Å². The summed E-state index contributed by atoms with van der Waals surface area (Å²) in [4.78, 5) is 71.2. The predicted molar refractivity (Wildman–Crippen MR) is 206 cm³/mol. The number of benzene rings is 2. The van der Waals surface area contributed by atoms with Gasteiger partial charge in [-0.3, -0.25) is 9.59 Å². The van der Waals surface area contributed by atoms with Crippen molar-refractivity contribution in [1.82, 2.24) is 50.6 Å². The summed E-state index contributed by atoms with van der Waals surface area (Å²) in [6.45, 7) is 3.16. The molecular weight excluding hydrogens is 717 g/mol. The third-order valence-electron chi connectivity index (χ3n) is 11.2. The zero-order valence-corrected chi connectivity index (χ0v) is 31.7. The Morgan fingerprint density at radius 2 is 1.52 bits per heavy atom. The van der Waals surface area contributed by atoms with Crippen molar-refractivity contribution in [1.29, 1.82) is 0 Å². The zero-order chi connectivity index (χ0) is 38.9. The van der Waals surface area contributed by atoms with E-state index in [1.165, 1.54) is 14.2 Å². The summed E-state index contributed by atoms with van der Waals surface area (Å²) in [5.41, 5.74) is 5.61. The second-order valence-electron chi connectivity index (χ2n) is 14.8. The van der Waals surface area contributed by atoms with E-state index in [4.69, 9.17) is 14.5 Å². The monoisotopic (exact) mass is 762 g/mol. The van der Waals surface area contributed by atoms with Gasteiger partial charge < -0.3 is 39.9 Å². The van der Waals surface area contributed by atoms with Crippen molar-refractivity contribution in [2.75, 3.05) is 27.3 Å². The zero-order valence-electron chi connectivity index (χ0n) is 31.7. The minimum absolute atomic E-state index is 0.0958. The summed E-state index contributed by atoms with van der Waals surface area (Å²) in [5.74, 6) is 1.32. The number of carbonyl (C=O) groups is 4. The van der Waals surface area contributed by atoms with Crippen LogP contribution in [0.15, 0.2) is 48.7 Å². The smallest absolute Gasteiger partial charge is 0.407 e. The molecule has 1 saturated carbocycles. The molecule has 16 nitrogen and oxygen atoms in total. The van der Waals surface area contributed by atoms with Crippen LogP contribution in [-0.2, 0) is 19.1 Å². The average molecular weight is 763 g/mol. The Morgan fingerprint density at radius 1 is 0.804 bits per heavy atom. The Labute approximate surface area is 323 Å². The molecule has 0 bridgehead atoms. The first-order chi connectivity index (χ1) is 27.2. The lowest BCUT2D eigenvalue weighted by Crippen LogP contribution is -2.49. The van der Waals surface area contributed by atoms with Gasteiger partial charge >= 0.3 is 12.2 Å². The molecule has 1 aliphatic carbocycles. The second-order valence-corrected chi connectivity index (χ2v) is 14.8. The van der Waals surface area contributed by atoms with E-state index >= 15 is 0 Å². The molecule has 2 saturated heterocycles. The number of H-pyrrole nitrogens is 2. The highest BCUT2D eigenvalue weighted by Gasteiger charge is 2.43. The lowest BCUT2D eigenvalue weighted by molar-refractivity contribution is -0.135. The van der Waals surface area contributed by atoms with Gasteiger partial charge in [-0.25, -0.2) is 19.6 Å². The first-order valence-electron chi connectivity index (χ1n) is 19.4. The first kappa shape index (κ1) is 36.9. The van der Waals surface area contributed by atoms with Crippen LogP contribution in [0, 0.1) is 5.92 Å². The molecule has 2 aliphatic heterocycles. The lowest BCUT2D eigenvalue weighted by atomic mass is 10.1. The number of aromatic nitrogens is 6. The average Bonchev–Trinajstić information content (AvgIpc) is 3.65. The number of alkyl carbamates (subject to hydrolysis) is 2. The van der Waals surface area contributed by atoms with Crippen LogP contribution in [0.3, 0.4) is 0 Å². The molecular formula is C40H46N10O6. The molecule has 2 aromatic carbocycles. The summed E-state index contributed by atoms with van der Waals surface area (Å²) in [6.07, 6.45) is 6.86. The van der Waals surface area contributed by atoms with E-state index in [0.717, 1.165) is 83.7 Å². The van der Waals surface area contributed by atoms with Crippen LogP contribution in [0.1, 0.15) is 82.0 Å². The minimum Gasteiger partial charge on any atom is -0.453 e. The number of rotatable bonds is 11. The summed E-state index contributed by atoms with van der Waals surface area (Å²) < 4.78 is 9.54. The summed E-state index contributed by atoms with van der Waals surface area (Å²) in [6, 6.07) is 12.2. The van der Waals surface area contributed by atoms with Crippen LogP contribution < -0.4 is 10.6 Å². The van der Waals surface area contributed by atoms with Crippen molar-refractivity contribution in [2.24, 2.45) is 5.92 Å². The van der Waals surface area contributed by atoms with Crippen LogP contribution in [0.25, 0.3) is 44.5 Å². The molecule has 5 aromatic rings. The molecule has 4 N–H and O–H groups in total. The van der Waals surface area contributed by atoms with Gasteiger partial charge in [0.2, 0.25) is 11.8 Å². The minimum atomic E-state index is -0.660. The highest BCUT2D eigenvalue weighted by Crippen LogP contribution is 2.38. The fourth-order valence-corrected chi connectivity index (χ4v) is 8.10. The summed E-state index contributed by atoms with van der Waals surface area (Å²) in [5, 5.41) is 15.5. The normalized spacial score (nSPS) is 19.3. The lowest BCUT2D eigenvalue weighted by Gasteiger charge is -2.28. The highest BCUT2D eigenvalue weighted by atomic mass is 16.5. The number of aromatic amines is 2. The van der Waals surface area contributed by atoms with E-state index in [1.54, 1.807) is 6.20 Å². The van der Waals surface area contributed by atoms with Gasteiger partial charge in [0.15, 0.2) is 0 Å². The van der Waals surface area contributed by atoms with Gasteiger partial charge in [0.05, 0.1) is 60.4 Å². The molecule has 16 heteroatoms. The quantitative estimate of drug-likeness (QED) is 0.132. The van der Waals surface area contributed by atoms with Gasteiger partial charge in [0.25, 0.3) is 0 Å². The Bertz CT molecular complexity index is 2280. The Morgan fingerprint density at radius 3 is 2.25 bits per heavy atom. The molecule has 4 amide bonds. The van der Waals surface area contributed by atoms with Crippen molar-refractivity contribution in [3.8, 4) is 22.5 Å². The standard InChI is InChI=1S/C40H46N10O6/c1-4-7-27(45-39(53)55-2)37(51)49-16-6-9-33(49)36-42-26-15-14-24(20-30(26)43-36)28-18-23-12-13-25(19-29(23)48-47-28)31-21-41-35(44-31)32-8-5-17-50(32)38(52)34(22-10-11-22)46-40(54)56-3/h12-15,18-22,27,32-34H,4-11,16-17H2,1-3H3,(H,41,44)(H,42,43)(H,45,53)(H,46,54)/t27-,32-,33-,34-/m0/s1. The summed E-state index contributed by atoms with van der Waals surface area (Å²) >= 11 is 0. The summed E-state index contributed by atoms with van der Waals surface area (Å²) in [7, 11) is 2.59. The highest BCUT2D eigenvalue weighted by molar-refractivity contribution is 5.89. The fraction of sp³-hybridized carbons (Fsp3) is 0.450. The number of ether oxygens (including phenoxy) is 2. The number of hydrogen-bond donors (Lipinski definition) is 4. The largest absolute Gasteiger partial charge is 0.453 e. The van der Waals surface area contributed by atoms with E-state index in [1.807, 2.05) is 59.2 Å². The van der Waals surface area contributed by atoms with Crippen molar-refractivity contribution in [3.05, 3.63) is 60.3 Å². The van der Waals surface area contributed by atoms with Gasteiger partial charge in [0, 0.05) is 29.6 Å². The number of nitrogens with zero attached hydrogens (tertiary/aromatic N) is 6. The van der Waals surface area contributed by atoms with Crippen molar-refractivity contribution in [2.45, 2.75) is 82.5 Å². The van der Waals surface area contributed by atoms with Crippen LogP contribution in [-0.4, -0.2) is 103 Å². The molecule has 0 unspecified atom stereocenters. The number of imidazole rings is 2. The molecule has 56 heavy (non-hydrogen) atoms. The predicted octanol–water partition coefficient (Wildman–Crippen LogP) is 5.55. The molecule has 4 atom stereocenters. The number of hydrogen-bond acceptors (Lipinski definition) is 10. The Balaban J connectivity index is 0.976. The van der Waals surface area contributed by atoms with E-state index in [2.05, 4.69) is 35.8 Å². The Kier molecular flexibility index (Phi) is 10.3. The number of carbonyl (C=O) groups excluding carboxylic acids is 4. The number of likely N-dealkylation sites (tertiary alicyclic amines) is 2. The molecule has 0 radical (unpaired) electrons. The topological polar surface area (TPSA) is 200 Å². The van der Waals surface area contributed by atoms with Gasteiger partial charge in [0.1, 0.15) is 23.7 Å². The van der Waals surface area contributed by atoms with Crippen molar-refractivity contribution < 1.29 is 28.7 Å². The SMILES string of the molecule is CCC[C@H](NC(=O)OC)C(=O)N1CCC[C@H]1c1nc2ccc(-c3cc4ccc(-c5cnc([C@@H]6CCCN6C(=O)[C@@H](NC(=O)OC)C6CC6)[nH]5)cc4nn3)cc2[nH]1. The van der Waals surface area contributed by atoms with E-state index in [-0.39, 0.29) is 29.8 Å². The third-order valence-corrected chi connectivity index (χ3v) is 11.2. The van der Waals surface area contributed by atoms with Crippen LogP contribution >= 0.6 is 0 Å². The maximum absolute atomic E-state index is 13.6. The van der Waals surface area contributed by atoms with Gasteiger partial charge in [-0.15, -0.1) is 10.2 Å². The number of methoxy groups -OCH3 is 2. The molecule has 8 rings (SSSR count). The van der Waals surface area contributed by atoms with Crippen LogP contribution in [0.4, 0.5) is 9.59 Å². The van der Waals surface area contributed by atoms with Crippen LogP contribution in [0.2, 0.25) is 0 Å². The number of nitrogens with one attached hydrogen (secondary N) is 4. The molecule has 292 valence electrons. The van der Waals surface area contributed by atoms with E-state index < -0.39 is 24.3 Å². The molecule has 3 aromatic heterocycles. The molecule has 3 fully saturated rings.